The normalized spacial score (nSPS) is 25.3. The number of rotatable bonds is 22. The number of halogens is 1. The van der Waals surface area contributed by atoms with Gasteiger partial charge in [-0.1, -0.05) is 62.6 Å². The van der Waals surface area contributed by atoms with Crippen LogP contribution >= 0.6 is 11.6 Å². The molecule has 3 aromatic rings. The number of epoxide rings is 1. The van der Waals surface area contributed by atoms with Crippen LogP contribution < -0.4 is 42.0 Å². The number of imide groups is 1. The lowest BCUT2D eigenvalue weighted by Crippen LogP contribution is -2.63. The number of hydrogen-bond donors (Lipinski definition) is 8. The van der Waals surface area contributed by atoms with Gasteiger partial charge in [-0.2, -0.15) is 0 Å². The number of methoxy groups -OCH3 is 2. The van der Waals surface area contributed by atoms with Crippen LogP contribution in [0.25, 0.3) is 10.9 Å². The van der Waals surface area contributed by atoms with Crippen LogP contribution in [0.3, 0.4) is 0 Å². The predicted octanol–water partition coefficient (Wildman–Crippen LogP) is 4.67. The second-order valence-electron chi connectivity index (χ2n) is 23.8. The number of aliphatic hydroxyl groups is 2. The molecular weight excluding hydrogens is 1190 g/mol. The number of likely N-dealkylation sites (N-methyl/N-ethyl adjacent to an activating group) is 1. The fourth-order valence-electron chi connectivity index (χ4n) is 11.4. The average Bonchev–Trinajstić information content (AvgIpc) is 1.56. The molecule has 27 heteroatoms. The van der Waals surface area contributed by atoms with Gasteiger partial charge >= 0.3 is 18.1 Å². The van der Waals surface area contributed by atoms with Crippen molar-refractivity contribution in [1.82, 2.24) is 36.1 Å². The highest BCUT2D eigenvalue weighted by Gasteiger charge is 2.64. The lowest BCUT2D eigenvalue weighted by Gasteiger charge is -2.42. The summed E-state index contributed by atoms with van der Waals surface area (Å²) in [5, 5.41) is 38.0. The number of alkyl carbamates (subject to hydrolysis) is 1. The van der Waals surface area contributed by atoms with Crippen LogP contribution in [0, 0.1) is 11.8 Å². The largest absolute Gasteiger partial charge is 0.495 e. The zero-order valence-electron chi connectivity index (χ0n) is 52.3. The first kappa shape index (κ1) is 69.3. The Bertz CT molecular complexity index is 3290. The number of pyridine rings is 1. The summed E-state index contributed by atoms with van der Waals surface area (Å²) in [6.07, 6.45) is 4.56. The molecule has 7 rings (SSSR count). The summed E-state index contributed by atoms with van der Waals surface area (Å²) in [5.74, 6) is -4.77. The number of primary amides is 1. The maximum absolute atomic E-state index is 14.7. The number of hydrogen-bond acceptors (Lipinski definition) is 18. The van der Waals surface area contributed by atoms with Crippen molar-refractivity contribution in [1.29, 1.82) is 0 Å². The van der Waals surface area contributed by atoms with Crippen LogP contribution in [0.1, 0.15) is 109 Å². The van der Waals surface area contributed by atoms with E-state index in [1.54, 1.807) is 65.1 Å². The van der Waals surface area contributed by atoms with Gasteiger partial charge in [-0.05, 0) is 101 Å². The third kappa shape index (κ3) is 16.6. The van der Waals surface area contributed by atoms with Gasteiger partial charge in [-0.3, -0.25) is 44.0 Å². The number of amides is 9. The molecule has 488 valence electrons. The standard InChI is InChI=1S/C63H83ClN10O16/c1-34(2)53(70-48(75)21-12-11-13-28-74-49(76)24-25-50(74)77)57(80)69-42(19-16-27-67-60(65)83)56(79)68-41-23-22-40(54-39(41)18-15-26-66-54)58(81)72(7)37(5)59(82)89-47-32-51(78)73(8)43-30-38(31-44(86-9)52(43)64)29-35(3)17-14-20-46(87-10)63(85)33-45(88-61(84)71-63)36(4)55-62(47,6)90-55/h14-15,17-18,20,22-26,30-31,34,36-37,42,45-47,51,53,55,78,85H,11-13,16,19,21,27-29,32-33H2,1-10H3,(H,68,79)(H,69,80)(H,70,75)(H,71,84)(H3,65,67,83)/b20-14+,35-17+/t36-,37+,42+,45+,46-,47+,51?,53+,55+,62+,63+/m1/s1. The van der Waals surface area contributed by atoms with Gasteiger partial charge in [-0.15, -0.1) is 0 Å². The average molecular weight is 1270 g/mol. The number of carbonyl (C=O) groups is 9. The molecule has 0 saturated carbocycles. The number of urea groups is 1. The van der Waals surface area contributed by atoms with Crippen LogP contribution in [0.5, 0.6) is 5.75 Å². The number of aromatic nitrogens is 1. The highest BCUT2D eigenvalue weighted by atomic mass is 35.5. The number of nitrogens with zero attached hydrogens (tertiary/aromatic N) is 4. The maximum atomic E-state index is 14.7. The lowest BCUT2D eigenvalue weighted by molar-refractivity contribution is -0.159. The van der Waals surface area contributed by atoms with Gasteiger partial charge in [0.15, 0.2) is 5.72 Å². The van der Waals surface area contributed by atoms with Gasteiger partial charge in [-0.25, -0.2) is 14.4 Å². The van der Waals surface area contributed by atoms with Crippen molar-refractivity contribution in [2.45, 2.75) is 159 Å². The molecule has 5 heterocycles. The Kier molecular flexibility index (Phi) is 23.2. The van der Waals surface area contributed by atoms with Crippen molar-refractivity contribution in [3.05, 3.63) is 94.7 Å². The Morgan fingerprint density at radius 3 is 2.40 bits per heavy atom. The first-order valence-corrected chi connectivity index (χ1v) is 30.3. The quantitative estimate of drug-likeness (QED) is 0.0293. The molecule has 2 aromatic carbocycles. The summed E-state index contributed by atoms with van der Waals surface area (Å²) in [4.78, 5) is 128. The van der Waals surface area contributed by atoms with Crippen molar-refractivity contribution in [2.24, 2.45) is 17.6 Å². The van der Waals surface area contributed by atoms with Gasteiger partial charge < -0.3 is 70.7 Å². The fourth-order valence-corrected chi connectivity index (χ4v) is 11.7. The van der Waals surface area contributed by atoms with E-state index < -0.39 is 114 Å². The third-order valence-electron chi connectivity index (χ3n) is 16.9. The molecule has 9 N–H and O–H groups in total. The van der Waals surface area contributed by atoms with Gasteiger partial charge in [0.25, 0.3) is 17.7 Å². The highest BCUT2D eigenvalue weighted by molar-refractivity contribution is 6.34. The minimum absolute atomic E-state index is 0.0155. The van der Waals surface area contributed by atoms with Crippen molar-refractivity contribution < 1.29 is 77.0 Å². The summed E-state index contributed by atoms with van der Waals surface area (Å²) in [7, 11) is 5.90. The first-order valence-electron chi connectivity index (χ1n) is 30.0. The Labute approximate surface area is 527 Å². The fraction of sp³-hybridized carbons (Fsp3) is 0.524. The predicted molar refractivity (Wildman–Crippen MR) is 331 cm³/mol. The van der Waals surface area contributed by atoms with E-state index in [1.165, 1.54) is 63.6 Å². The number of fused-ring (bicyclic) bond motifs is 6. The third-order valence-corrected chi connectivity index (χ3v) is 17.3. The molecule has 4 aliphatic heterocycles. The minimum Gasteiger partial charge on any atom is -0.495 e. The molecule has 0 radical (unpaired) electrons. The Hall–Kier alpha value is -8.17. The van der Waals surface area contributed by atoms with E-state index in [9.17, 15) is 53.4 Å². The Morgan fingerprint density at radius 1 is 1.00 bits per heavy atom. The molecule has 90 heavy (non-hydrogen) atoms. The number of esters is 1. The van der Waals surface area contributed by atoms with Crippen molar-refractivity contribution >= 4 is 87.4 Å². The molecule has 0 spiro atoms. The summed E-state index contributed by atoms with van der Waals surface area (Å²) in [6.45, 7) is 10.6. The van der Waals surface area contributed by atoms with Gasteiger partial charge in [0.05, 0.1) is 35.7 Å². The zero-order valence-corrected chi connectivity index (χ0v) is 53.1. The molecule has 4 aliphatic rings. The highest BCUT2D eigenvalue weighted by Crippen LogP contribution is 2.50. The first-order chi connectivity index (χ1) is 42.6. The van der Waals surface area contributed by atoms with E-state index in [-0.39, 0.29) is 78.8 Å². The molecular formula is C63H83ClN10O16. The van der Waals surface area contributed by atoms with E-state index in [1.807, 2.05) is 19.1 Å². The molecule has 26 nitrogen and oxygen atoms in total. The smallest absolute Gasteiger partial charge is 0.409 e. The van der Waals surface area contributed by atoms with Crippen LogP contribution in [0.4, 0.5) is 21.0 Å². The zero-order chi connectivity index (χ0) is 65.9. The second-order valence-corrected chi connectivity index (χ2v) is 24.2. The van der Waals surface area contributed by atoms with E-state index in [0.717, 1.165) is 20.9 Å². The summed E-state index contributed by atoms with van der Waals surface area (Å²) >= 11 is 6.92. The molecule has 9 amide bonds. The van der Waals surface area contributed by atoms with E-state index in [4.69, 9.17) is 41.0 Å². The summed E-state index contributed by atoms with van der Waals surface area (Å²) < 4.78 is 29.9. The van der Waals surface area contributed by atoms with Crippen molar-refractivity contribution in [2.75, 3.05) is 51.6 Å². The molecule has 1 unspecified atom stereocenters. The van der Waals surface area contributed by atoms with Crippen molar-refractivity contribution in [3.8, 4) is 5.75 Å². The summed E-state index contributed by atoms with van der Waals surface area (Å²) in [6, 6.07) is 5.35. The van der Waals surface area contributed by atoms with Gasteiger partial charge in [0.2, 0.25) is 17.7 Å². The van der Waals surface area contributed by atoms with Crippen LogP contribution in [-0.2, 0) is 54.1 Å². The molecule has 1 aromatic heterocycles. The number of anilines is 2. The number of allylic oxidation sites excluding steroid dienone is 3. The number of benzene rings is 2. The number of carbonyl (C=O) groups excluding carboxylic acids is 9. The molecule has 11 atom stereocenters. The summed E-state index contributed by atoms with van der Waals surface area (Å²) in [5.41, 5.74) is 4.50. The van der Waals surface area contributed by atoms with Crippen LogP contribution in [0.15, 0.2) is 78.5 Å². The number of aliphatic hydroxyl groups excluding tert-OH is 1. The van der Waals surface area contributed by atoms with Gasteiger partial charge in [0, 0.05) is 83.2 Å². The van der Waals surface area contributed by atoms with Gasteiger partial charge in [0.1, 0.15) is 59.0 Å². The van der Waals surface area contributed by atoms with E-state index >= 15 is 0 Å². The number of unbranched alkanes of at least 4 members (excludes halogenated alkanes) is 2. The molecule has 4 bridgehead atoms. The van der Waals surface area contributed by atoms with Crippen LogP contribution in [-0.4, -0.2) is 180 Å². The lowest BCUT2D eigenvalue weighted by atomic mass is 9.83. The number of nitrogens with two attached hydrogens (primary N) is 1. The molecule has 2 saturated heterocycles. The monoisotopic (exact) mass is 1270 g/mol. The topological polar surface area (TPSA) is 352 Å². The second kappa shape index (κ2) is 30.1. The number of nitrogens with one attached hydrogen (secondary N) is 5. The number of ether oxygens (including phenoxy) is 5. The SMILES string of the molecule is COc1cc2cc(c1Cl)N(C)C(O)C[C@H](OC(=O)[C@H](C)N(C)C(=O)c1ccc(NC(=O)[C@H](CCCNC(N)=O)NC(=O)[C@@H](NC(=O)CCCCCN3C(=O)C=CC3=O)C(C)C)c3cccnc13)[C@]1(C)O[C@H]1[C@H](C)[C@@H]1C[C@@](O)(NC(=O)O1)[C@H](OC)/C=C/C=C(\C)C2. The Balaban J connectivity index is 1.09. The maximum Gasteiger partial charge on any atom is 0.409 e. The van der Waals surface area contributed by atoms with Crippen LogP contribution in [0.2, 0.25) is 5.02 Å². The molecule has 2 fully saturated rings. The van der Waals surface area contributed by atoms with E-state index in [2.05, 4.69) is 31.6 Å². The molecule has 0 aliphatic carbocycles. The van der Waals surface area contributed by atoms with E-state index in [0.29, 0.717) is 42.5 Å². The Morgan fingerprint density at radius 2 is 1.72 bits per heavy atom. The minimum atomic E-state index is -1.91. The van der Waals surface area contributed by atoms with Crippen molar-refractivity contribution in [3.63, 3.8) is 0 Å².